The molecule has 6 nitrogen and oxygen atoms in total. The molecule has 1 heterocycles. The van der Waals surface area contributed by atoms with E-state index in [1.165, 1.54) is 6.07 Å². The number of carboxylic acids is 1. The first-order valence-electron chi connectivity index (χ1n) is 5.79. The number of nitrogens with one attached hydrogen (secondary N) is 1. The second-order valence-corrected chi connectivity index (χ2v) is 6.50. The van der Waals surface area contributed by atoms with Crippen LogP contribution in [0.4, 0.5) is 5.69 Å². The van der Waals surface area contributed by atoms with E-state index in [2.05, 4.69) is 46.8 Å². The number of halogens is 2. The van der Waals surface area contributed by atoms with Gasteiger partial charge in [0.05, 0.1) is 16.9 Å². The van der Waals surface area contributed by atoms with E-state index in [-0.39, 0.29) is 11.3 Å². The Morgan fingerprint density at radius 3 is 2.71 bits per heavy atom. The van der Waals surface area contributed by atoms with E-state index in [0.29, 0.717) is 25.9 Å². The maximum absolute atomic E-state index is 12.3. The van der Waals surface area contributed by atoms with Crippen molar-refractivity contribution in [3.63, 3.8) is 0 Å². The van der Waals surface area contributed by atoms with Gasteiger partial charge in [-0.05, 0) is 46.0 Å². The van der Waals surface area contributed by atoms with Crippen molar-refractivity contribution in [2.75, 3.05) is 5.32 Å². The molecular formula is C12H9Br2N3O3S. The molecule has 0 spiro atoms. The molecule has 0 aliphatic heterocycles. The summed E-state index contributed by atoms with van der Waals surface area (Å²) in [4.78, 5) is 23.9. The monoisotopic (exact) mass is 433 g/mol. The number of hydrogen-bond donors (Lipinski definition) is 2. The Balaban J connectivity index is 2.40. The number of carbonyl (C=O) groups excluding carboxylic acids is 1. The van der Waals surface area contributed by atoms with Crippen LogP contribution < -0.4 is 5.32 Å². The Hall–Kier alpha value is -1.32. The maximum Gasteiger partial charge on any atom is 0.337 e. The molecule has 0 bridgehead atoms. The van der Waals surface area contributed by atoms with E-state index in [0.717, 1.165) is 11.5 Å². The zero-order valence-corrected chi connectivity index (χ0v) is 14.7. The molecule has 0 saturated carbocycles. The Morgan fingerprint density at radius 1 is 1.38 bits per heavy atom. The van der Waals surface area contributed by atoms with Gasteiger partial charge in [-0.1, -0.05) is 27.3 Å². The topological polar surface area (TPSA) is 92.2 Å². The van der Waals surface area contributed by atoms with Crippen molar-refractivity contribution in [1.82, 2.24) is 9.59 Å². The van der Waals surface area contributed by atoms with Gasteiger partial charge in [0, 0.05) is 8.95 Å². The molecule has 1 aromatic carbocycles. The highest BCUT2D eigenvalue weighted by Crippen LogP contribution is 2.31. The fourth-order valence-corrected chi connectivity index (χ4v) is 3.62. The number of aromatic carboxylic acids is 1. The molecule has 0 aliphatic carbocycles. The van der Waals surface area contributed by atoms with Gasteiger partial charge in [0.25, 0.3) is 5.91 Å². The summed E-state index contributed by atoms with van der Waals surface area (Å²) in [5, 5.41) is 15.7. The molecule has 0 fully saturated rings. The second-order valence-electron chi connectivity index (χ2n) is 3.97. The zero-order valence-electron chi connectivity index (χ0n) is 10.7. The number of rotatable bonds is 4. The van der Waals surface area contributed by atoms with Crippen LogP contribution in [0.15, 0.2) is 21.1 Å². The van der Waals surface area contributed by atoms with Gasteiger partial charge in [0.1, 0.15) is 4.88 Å². The normalized spacial score (nSPS) is 10.4. The Labute approximate surface area is 141 Å². The van der Waals surface area contributed by atoms with Crippen LogP contribution in [0.3, 0.4) is 0 Å². The zero-order chi connectivity index (χ0) is 15.6. The van der Waals surface area contributed by atoms with Crippen LogP contribution in [0.25, 0.3) is 0 Å². The summed E-state index contributed by atoms with van der Waals surface area (Å²) in [6.07, 6.45) is 0.576. The molecule has 2 N–H and O–H groups in total. The van der Waals surface area contributed by atoms with Gasteiger partial charge in [0.15, 0.2) is 0 Å². The summed E-state index contributed by atoms with van der Waals surface area (Å²) in [5.41, 5.74) is 0.772. The third-order valence-corrected chi connectivity index (χ3v) is 4.47. The van der Waals surface area contributed by atoms with E-state index in [1.54, 1.807) is 6.07 Å². The Morgan fingerprint density at radius 2 is 2.10 bits per heavy atom. The largest absolute Gasteiger partial charge is 0.478 e. The molecular weight excluding hydrogens is 426 g/mol. The quantitative estimate of drug-likeness (QED) is 0.767. The molecule has 1 amide bonds. The maximum atomic E-state index is 12.3. The fraction of sp³-hybridized carbons (Fsp3) is 0.167. The smallest absolute Gasteiger partial charge is 0.337 e. The Bertz CT molecular complexity index is 718. The Kier molecular flexibility index (Phi) is 5.07. The lowest BCUT2D eigenvalue weighted by atomic mass is 10.1. The molecule has 2 rings (SSSR count). The predicted octanol–water partition coefficient (Wildman–Crippen LogP) is 3.58. The van der Waals surface area contributed by atoms with Crippen molar-refractivity contribution < 1.29 is 14.7 Å². The summed E-state index contributed by atoms with van der Waals surface area (Å²) in [6.45, 7) is 1.87. The highest BCUT2D eigenvalue weighted by molar-refractivity contribution is 9.11. The fourth-order valence-electron chi connectivity index (χ4n) is 1.65. The minimum atomic E-state index is -1.13. The number of carbonyl (C=O) groups is 2. The number of hydrogen-bond acceptors (Lipinski definition) is 5. The summed E-state index contributed by atoms with van der Waals surface area (Å²) in [7, 11) is 0. The minimum Gasteiger partial charge on any atom is -0.478 e. The first-order valence-corrected chi connectivity index (χ1v) is 8.14. The molecule has 0 saturated heterocycles. The molecule has 0 aliphatic rings. The van der Waals surface area contributed by atoms with Crippen LogP contribution in [0.5, 0.6) is 0 Å². The number of benzene rings is 1. The van der Waals surface area contributed by atoms with Crippen LogP contribution in [-0.4, -0.2) is 26.6 Å². The third-order valence-electron chi connectivity index (χ3n) is 2.62. The van der Waals surface area contributed by atoms with Gasteiger partial charge in [-0.25, -0.2) is 4.79 Å². The van der Waals surface area contributed by atoms with Crippen LogP contribution in [-0.2, 0) is 6.42 Å². The van der Waals surface area contributed by atoms with Crippen molar-refractivity contribution >= 4 is 61.0 Å². The SMILES string of the molecule is CCc1nnsc1C(=O)Nc1c(Br)cc(Br)cc1C(=O)O. The predicted molar refractivity (Wildman–Crippen MR) is 86.0 cm³/mol. The van der Waals surface area contributed by atoms with Crippen LogP contribution >= 0.6 is 43.4 Å². The minimum absolute atomic E-state index is 0.0138. The van der Waals surface area contributed by atoms with E-state index >= 15 is 0 Å². The van der Waals surface area contributed by atoms with Crippen molar-refractivity contribution in [2.45, 2.75) is 13.3 Å². The van der Waals surface area contributed by atoms with Crippen LogP contribution in [0.2, 0.25) is 0 Å². The lowest BCUT2D eigenvalue weighted by Gasteiger charge is -2.11. The van der Waals surface area contributed by atoms with Gasteiger partial charge >= 0.3 is 5.97 Å². The lowest BCUT2D eigenvalue weighted by molar-refractivity contribution is 0.0698. The summed E-state index contributed by atoms with van der Waals surface area (Å²) in [5.74, 6) is -1.56. The van der Waals surface area contributed by atoms with E-state index in [1.807, 2.05) is 6.92 Å². The molecule has 0 radical (unpaired) electrons. The average Bonchev–Trinajstić information content (AvgIpc) is 2.89. The lowest BCUT2D eigenvalue weighted by Crippen LogP contribution is -2.15. The van der Waals surface area contributed by atoms with Gasteiger partial charge in [-0.3, -0.25) is 4.79 Å². The molecule has 21 heavy (non-hydrogen) atoms. The molecule has 2 aromatic rings. The van der Waals surface area contributed by atoms with Gasteiger partial charge in [-0.15, -0.1) is 5.10 Å². The van der Waals surface area contributed by atoms with Crippen molar-refractivity contribution in [3.8, 4) is 0 Å². The number of anilines is 1. The second kappa shape index (κ2) is 6.63. The standard InChI is InChI=1S/C12H9Br2N3O3S/c1-2-8-10(21-17-16-8)11(18)15-9-6(12(19)20)3-5(13)4-7(9)14/h3-4H,2H2,1H3,(H,15,18)(H,19,20). The molecule has 9 heteroatoms. The number of nitrogens with zero attached hydrogens (tertiary/aromatic N) is 2. The van der Waals surface area contributed by atoms with Crippen molar-refractivity contribution in [1.29, 1.82) is 0 Å². The first-order chi connectivity index (χ1) is 9.93. The number of aryl methyl sites for hydroxylation is 1. The number of carboxylic acid groups (broad SMARTS) is 1. The van der Waals surface area contributed by atoms with E-state index in [4.69, 9.17) is 0 Å². The van der Waals surface area contributed by atoms with E-state index < -0.39 is 11.9 Å². The van der Waals surface area contributed by atoms with Gasteiger partial charge < -0.3 is 10.4 Å². The van der Waals surface area contributed by atoms with Crippen molar-refractivity contribution in [2.24, 2.45) is 0 Å². The van der Waals surface area contributed by atoms with Crippen LogP contribution in [0.1, 0.15) is 32.6 Å². The summed E-state index contributed by atoms with van der Waals surface area (Å²) >= 11 is 7.46. The molecule has 1 aromatic heterocycles. The summed E-state index contributed by atoms with van der Waals surface area (Å²) in [6, 6.07) is 3.09. The van der Waals surface area contributed by atoms with Gasteiger partial charge in [-0.2, -0.15) is 0 Å². The highest BCUT2D eigenvalue weighted by atomic mass is 79.9. The first kappa shape index (κ1) is 16.1. The summed E-state index contributed by atoms with van der Waals surface area (Å²) < 4.78 is 4.81. The van der Waals surface area contributed by atoms with E-state index in [9.17, 15) is 14.7 Å². The third kappa shape index (κ3) is 3.47. The molecule has 0 atom stereocenters. The number of aromatic nitrogens is 2. The number of amides is 1. The molecule has 110 valence electrons. The van der Waals surface area contributed by atoms with Crippen LogP contribution in [0, 0.1) is 0 Å². The highest BCUT2D eigenvalue weighted by Gasteiger charge is 2.20. The average molecular weight is 435 g/mol. The van der Waals surface area contributed by atoms with Crippen molar-refractivity contribution in [3.05, 3.63) is 37.2 Å². The molecule has 0 unspecified atom stereocenters. The van der Waals surface area contributed by atoms with Gasteiger partial charge in [0.2, 0.25) is 0 Å².